The lowest BCUT2D eigenvalue weighted by Crippen LogP contribution is -1.98. The minimum absolute atomic E-state index is 0.0796. The van der Waals surface area contributed by atoms with E-state index in [1.807, 2.05) is 0 Å². The molecule has 0 aliphatic rings. The first-order valence-electron chi connectivity index (χ1n) is 4.36. The fraction of sp³-hybridized carbons (Fsp3) is 0.556. The molecule has 0 aromatic carbocycles. The smallest absolute Gasteiger partial charge is 0.303 e. The topological polar surface area (TPSA) is 72.6 Å². The predicted octanol–water partition coefficient (Wildman–Crippen LogP) is 0.881. The van der Waals surface area contributed by atoms with Crippen molar-refractivity contribution in [2.75, 3.05) is 13.7 Å². The largest absolute Gasteiger partial charge is 0.481 e. The third-order valence-corrected chi connectivity index (χ3v) is 1.71. The molecule has 0 aliphatic carbocycles. The molecule has 78 valence electrons. The molecule has 0 saturated carbocycles. The fourth-order valence-corrected chi connectivity index (χ4v) is 1.00. The number of methoxy groups -OCH3 is 1. The Kier molecular flexibility index (Phi) is 4.12. The summed E-state index contributed by atoms with van der Waals surface area (Å²) in [5.41, 5.74) is 0.679. The van der Waals surface area contributed by atoms with Crippen LogP contribution in [0.1, 0.15) is 18.0 Å². The van der Waals surface area contributed by atoms with E-state index in [4.69, 9.17) is 14.3 Å². The van der Waals surface area contributed by atoms with Crippen LogP contribution in [0.15, 0.2) is 10.7 Å². The molecule has 1 aromatic rings. The van der Waals surface area contributed by atoms with E-state index in [-0.39, 0.29) is 6.42 Å². The molecule has 1 aromatic heterocycles. The lowest BCUT2D eigenvalue weighted by atomic mass is 10.2. The molecule has 0 radical (unpaired) electrons. The van der Waals surface area contributed by atoms with E-state index in [1.165, 1.54) is 6.26 Å². The van der Waals surface area contributed by atoms with Crippen LogP contribution < -0.4 is 0 Å². The summed E-state index contributed by atoms with van der Waals surface area (Å²) < 4.78 is 9.97. The van der Waals surface area contributed by atoms with Gasteiger partial charge in [0.25, 0.3) is 0 Å². The average molecular weight is 199 g/mol. The number of carboxylic acids is 1. The maximum absolute atomic E-state index is 10.3. The van der Waals surface area contributed by atoms with Gasteiger partial charge < -0.3 is 14.3 Å². The molecule has 5 nitrogen and oxygen atoms in total. The van der Waals surface area contributed by atoms with Crippen LogP contribution in [0.5, 0.6) is 0 Å². The van der Waals surface area contributed by atoms with E-state index in [0.29, 0.717) is 31.0 Å². The standard InChI is InChI=1S/C9H13NO4/c1-13-5-4-8-10-7(6-14-8)2-3-9(11)12/h6H,2-5H2,1H3,(H,11,12). The predicted molar refractivity (Wildman–Crippen MR) is 48.0 cm³/mol. The van der Waals surface area contributed by atoms with Crippen molar-refractivity contribution in [1.29, 1.82) is 0 Å². The third-order valence-electron chi connectivity index (χ3n) is 1.71. The summed E-state index contributed by atoms with van der Waals surface area (Å²) >= 11 is 0. The molecule has 0 saturated heterocycles. The summed E-state index contributed by atoms with van der Waals surface area (Å²) in [6.07, 6.45) is 2.60. The number of carboxylic acid groups (broad SMARTS) is 1. The first-order chi connectivity index (χ1) is 6.72. The summed E-state index contributed by atoms with van der Waals surface area (Å²) in [7, 11) is 1.61. The molecule has 5 heteroatoms. The van der Waals surface area contributed by atoms with Gasteiger partial charge in [0.1, 0.15) is 6.26 Å². The van der Waals surface area contributed by atoms with Gasteiger partial charge in [0, 0.05) is 20.0 Å². The number of hydrogen-bond donors (Lipinski definition) is 1. The number of carbonyl (C=O) groups is 1. The van der Waals surface area contributed by atoms with Crippen molar-refractivity contribution in [3.8, 4) is 0 Å². The van der Waals surface area contributed by atoms with Crippen LogP contribution in [0, 0.1) is 0 Å². The number of oxazole rings is 1. The summed E-state index contributed by atoms with van der Waals surface area (Å²) in [6.45, 7) is 0.554. The van der Waals surface area contributed by atoms with Crippen LogP contribution in [-0.4, -0.2) is 29.8 Å². The van der Waals surface area contributed by atoms with Crippen molar-refractivity contribution >= 4 is 5.97 Å². The van der Waals surface area contributed by atoms with Gasteiger partial charge in [0.2, 0.25) is 0 Å². The van der Waals surface area contributed by atoms with E-state index < -0.39 is 5.97 Å². The van der Waals surface area contributed by atoms with Crippen molar-refractivity contribution in [2.45, 2.75) is 19.3 Å². The summed E-state index contributed by atoms with van der Waals surface area (Å²) in [5.74, 6) is -0.237. The van der Waals surface area contributed by atoms with E-state index in [2.05, 4.69) is 4.98 Å². The Balaban J connectivity index is 2.38. The number of nitrogens with zero attached hydrogens (tertiary/aromatic N) is 1. The van der Waals surface area contributed by atoms with E-state index >= 15 is 0 Å². The molecule has 1 N–H and O–H groups in total. The Morgan fingerprint density at radius 3 is 3.07 bits per heavy atom. The average Bonchev–Trinajstić information content (AvgIpc) is 2.59. The van der Waals surface area contributed by atoms with Gasteiger partial charge >= 0.3 is 5.97 Å². The number of aliphatic carboxylic acids is 1. The van der Waals surface area contributed by atoms with Gasteiger partial charge in [-0.2, -0.15) is 0 Å². The van der Waals surface area contributed by atoms with E-state index in [1.54, 1.807) is 7.11 Å². The number of rotatable bonds is 6. The molecule has 0 amide bonds. The number of aromatic nitrogens is 1. The molecule has 0 aliphatic heterocycles. The molecule has 0 unspecified atom stereocenters. The van der Waals surface area contributed by atoms with Gasteiger partial charge in [-0.1, -0.05) is 0 Å². The minimum Gasteiger partial charge on any atom is -0.481 e. The molecule has 0 spiro atoms. The lowest BCUT2D eigenvalue weighted by Gasteiger charge is -1.92. The van der Waals surface area contributed by atoms with Crippen LogP contribution in [-0.2, 0) is 22.4 Å². The van der Waals surface area contributed by atoms with Gasteiger partial charge in [-0.25, -0.2) is 4.98 Å². The van der Waals surface area contributed by atoms with Crippen molar-refractivity contribution < 1.29 is 19.1 Å². The Hall–Kier alpha value is -1.36. The van der Waals surface area contributed by atoms with Gasteiger partial charge in [-0.05, 0) is 0 Å². The normalized spacial score (nSPS) is 10.4. The molecule has 0 atom stereocenters. The summed E-state index contributed by atoms with van der Waals surface area (Å²) in [6, 6.07) is 0. The second-order valence-corrected chi connectivity index (χ2v) is 2.87. The molecule has 0 fully saturated rings. The van der Waals surface area contributed by atoms with Crippen molar-refractivity contribution in [2.24, 2.45) is 0 Å². The van der Waals surface area contributed by atoms with Crippen LogP contribution in [0.3, 0.4) is 0 Å². The van der Waals surface area contributed by atoms with Crippen LogP contribution in [0.25, 0.3) is 0 Å². The zero-order chi connectivity index (χ0) is 10.4. The van der Waals surface area contributed by atoms with Gasteiger partial charge in [-0.15, -0.1) is 0 Å². The lowest BCUT2D eigenvalue weighted by molar-refractivity contribution is -0.136. The number of ether oxygens (including phenoxy) is 1. The highest BCUT2D eigenvalue weighted by molar-refractivity contribution is 5.66. The highest BCUT2D eigenvalue weighted by atomic mass is 16.5. The molecular weight excluding hydrogens is 186 g/mol. The third kappa shape index (κ3) is 3.57. The van der Waals surface area contributed by atoms with Gasteiger partial charge in [0.15, 0.2) is 5.89 Å². The molecular formula is C9H13NO4. The highest BCUT2D eigenvalue weighted by Gasteiger charge is 2.05. The number of hydrogen-bond acceptors (Lipinski definition) is 4. The second-order valence-electron chi connectivity index (χ2n) is 2.87. The zero-order valence-corrected chi connectivity index (χ0v) is 8.02. The monoisotopic (exact) mass is 199 g/mol. The fourth-order valence-electron chi connectivity index (χ4n) is 1.00. The quantitative estimate of drug-likeness (QED) is 0.736. The Morgan fingerprint density at radius 2 is 2.43 bits per heavy atom. The van der Waals surface area contributed by atoms with Crippen LogP contribution in [0.2, 0.25) is 0 Å². The van der Waals surface area contributed by atoms with E-state index in [9.17, 15) is 4.79 Å². The molecule has 14 heavy (non-hydrogen) atoms. The second kappa shape index (κ2) is 5.39. The van der Waals surface area contributed by atoms with Crippen molar-refractivity contribution in [3.05, 3.63) is 17.8 Å². The highest BCUT2D eigenvalue weighted by Crippen LogP contribution is 2.05. The maximum Gasteiger partial charge on any atom is 0.303 e. The van der Waals surface area contributed by atoms with Crippen molar-refractivity contribution in [3.63, 3.8) is 0 Å². The maximum atomic E-state index is 10.3. The van der Waals surface area contributed by atoms with Gasteiger partial charge in [0.05, 0.1) is 18.7 Å². The molecule has 0 bridgehead atoms. The Labute approximate surface area is 81.7 Å². The van der Waals surface area contributed by atoms with Gasteiger partial charge in [-0.3, -0.25) is 4.79 Å². The summed E-state index contributed by atoms with van der Waals surface area (Å²) in [4.78, 5) is 14.4. The summed E-state index contributed by atoms with van der Waals surface area (Å²) in [5, 5.41) is 8.44. The van der Waals surface area contributed by atoms with Crippen molar-refractivity contribution in [1.82, 2.24) is 4.98 Å². The zero-order valence-electron chi connectivity index (χ0n) is 8.02. The number of aryl methyl sites for hydroxylation is 1. The SMILES string of the molecule is COCCc1nc(CCC(=O)O)co1. The van der Waals surface area contributed by atoms with E-state index in [0.717, 1.165) is 0 Å². The molecule has 1 heterocycles. The first kappa shape index (κ1) is 10.7. The minimum atomic E-state index is -0.827. The Morgan fingerprint density at radius 1 is 1.64 bits per heavy atom. The molecule has 1 rings (SSSR count). The first-order valence-corrected chi connectivity index (χ1v) is 4.36. The van der Waals surface area contributed by atoms with Crippen LogP contribution >= 0.6 is 0 Å². The Bertz CT molecular complexity index is 295. The van der Waals surface area contributed by atoms with Crippen LogP contribution in [0.4, 0.5) is 0 Å².